The quantitative estimate of drug-likeness (QED) is 0.571. The fraction of sp³-hybridized carbons (Fsp3) is 0.800. The van der Waals surface area contributed by atoms with Crippen LogP contribution in [0.3, 0.4) is 0 Å². The summed E-state index contributed by atoms with van der Waals surface area (Å²) in [7, 11) is 0. The van der Waals surface area contributed by atoms with E-state index >= 15 is 0 Å². The highest BCUT2D eigenvalue weighted by atomic mass is 16.2. The summed E-state index contributed by atoms with van der Waals surface area (Å²) in [6, 6.07) is 0. The van der Waals surface area contributed by atoms with E-state index in [9.17, 15) is 9.59 Å². The molecule has 0 aromatic rings. The van der Waals surface area contributed by atoms with Crippen molar-refractivity contribution in [1.82, 2.24) is 5.32 Å². The molecule has 13 heavy (non-hydrogen) atoms. The second-order valence-electron chi connectivity index (χ2n) is 4.87. The van der Waals surface area contributed by atoms with Crippen molar-refractivity contribution in [3.8, 4) is 0 Å². The van der Waals surface area contributed by atoms with Crippen LogP contribution < -0.4 is 5.32 Å². The van der Waals surface area contributed by atoms with E-state index in [-0.39, 0.29) is 22.6 Å². The molecule has 72 valence electrons. The third kappa shape index (κ3) is 0.960. The van der Waals surface area contributed by atoms with Gasteiger partial charge in [0.2, 0.25) is 11.8 Å². The molecular weight excluding hydrogens is 166 g/mol. The van der Waals surface area contributed by atoms with Gasteiger partial charge in [-0.25, -0.2) is 0 Å². The first-order chi connectivity index (χ1) is 5.98. The number of amides is 2. The lowest BCUT2D eigenvalue weighted by Gasteiger charge is -2.34. The van der Waals surface area contributed by atoms with E-state index in [1.165, 1.54) is 0 Å². The summed E-state index contributed by atoms with van der Waals surface area (Å²) in [5.74, 6) is -0.139. The SMILES string of the molecule is CC1(C)CCCC12CC(=O)NC2=O. The largest absolute Gasteiger partial charge is 0.296 e. The fourth-order valence-corrected chi connectivity index (χ4v) is 2.80. The Labute approximate surface area is 77.9 Å². The Morgan fingerprint density at radius 3 is 2.31 bits per heavy atom. The molecule has 1 N–H and O–H groups in total. The number of rotatable bonds is 0. The Morgan fingerprint density at radius 1 is 1.23 bits per heavy atom. The van der Waals surface area contributed by atoms with Crippen molar-refractivity contribution < 1.29 is 9.59 Å². The van der Waals surface area contributed by atoms with Crippen molar-refractivity contribution in [1.29, 1.82) is 0 Å². The van der Waals surface area contributed by atoms with Crippen LogP contribution in [0.2, 0.25) is 0 Å². The van der Waals surface area contributed by atoms with Gasteiger partial charge in [0.15, 0.2) is 0 Å². The summed E-state index contributed by atoms with van der Waals surface area (Å²) in [5, 5.41) is 2.43. The van der Waals surface area contributed by atoms with E-state index in [0.29, 0.717) is 6.42 Å². The molecule has 3 nitrogen and oxygen atoms in total. The minimum Gasteiger partial charge on any atom is -0.296 e. The predicted octanol–water partition coefficient (Wildman–Crippen LogP) is 1.23. The van der Waals surface area contributed by atoms with Gasteiger partial charge in [-0.3, -0.25) is 14.9 Å². The minimum atomic E-state index is -0.385. The number of carbonyl (C=O) groups is 2. The van der Waals surface area contributed by atoms with Gasteiger partial charge in [-0.2, -0.15) is 0 Å². The van der Waals surface area contributed by atoms with Crippen molar-refractivity contribution in [2.75, 3.05) is 0 Å². The van der Waals surface area contributed by atoms with Crippen LogP contribution in [0.25, 0.3) is 0 Å². The van der Waals surface area contributed by atoms with Gasteiger partial charge in [0.05, 0.1) is 5.41 Å². The minimum absolute atomic E-state index is 0.0107. The topological polar surface area (TPSA) is 46.2 Å². The molecule has 1 saturated carbocycles. The van der Waals surface area contributed by atoms with E-state index < -0.39 is 0 Å². The molecule has 1 atom stereocenters. The lowest BCUT2D eigenvalue weighted by atomic mass is 9.67. The second-order valence-corrected chi connectivity index (χ2v) is 4.87. The summed E-state index contributed by atoms with van der Waals surface area (Å²) in [5.41, 5.74) is -0.396. The zero-order valence-electron chi connectivity index (χ0n) is 8.14. The Kier molecular flexibility index (Phi) is 1.57. The lowest BCUT2D eigenvalue weighted by Crippen LogP contribution is -2.39. The third-order valence-electron chi connectivity index (χ3n) is 3.85. The number of nitrogens with one attached hydrogen (secondary N) is 1. The number of carbonyl (C=O) groups excluding carboxylic acids is 2. The summed E-state index contributed by atoms with van der Waals surface area (Å²) in [6.45, 7) is 4.19. The molecule has 2 aliphatic rings. The Bertz CT molecular complexity index is 283. The molecule has 0 aromatic heterocycles. The fourth-order valence-electron chi connectivity index (χ4n) is 2.80. The van der Waals surface area contributed by atoms with Crippen molar-refractivity contribution in [2.45, 2.75) is 39.5 Å². The normalized spacial score (nSPS) is 37.1. The molecule has 1 heterocycles. The lowest BCUT2D eigenvalue weighted by molar-refractivity contribution is -0.132. The van der Waals surface area contributed by atoms with Crippen molar-refractivity contribution in [3.05, 3.63) is 0 Å². The van der Waals surface area contributed by atoms with Crippen LogP contribution in [0.15, 0.2) is 0 Å². The highest BCUT2D eigenvalue weighted by Gasteiger charge is 2.58. The maximum Gasteiger partial charge on any atom is 0.233 e. The smallest absolute Gasteiger partial charge is 0.233 e. The van der Waals surface area contributed by atoms with Gasteiger partial charge in [0.25, 0.3) is 0 Å². The van der Waals surface area contributed by atoms with Crippen LogP contribution in [0.1, 0.15) is 39.5 Å². The van der Waals surface area contributed by atoms with Crippen LogP contribution in [0, 0.1) is 10.8 Å². The molecule has 1 unspecified atom stereocenters. The standard InChI is InChI=1S/C10H15NO2/c1-9(2)4-3-5-10(9)6-7(12)11-8(10)13/h3-6H2,1-2H3,(H,11,12,13). The molecule has 0 bridgehead atoms. The Morgan fingerprint density at radius 2 is 1.92 bits per heavy atom. The van der Waals surface area contributed by atoms with Gasteiger partial charge in [-0.1, -0.05) is 20.3 Å². The molecule has 1 aliphatic carbocycles. The van der Waals surface area contributed by atoms with E-state index in [1.54, 1.807) is 0 Å². The summed E-state index contributed by atoms with van der Waals surface area (Å²) in [4.78, 5) is 22.9. The Balaban J connectivity index is 2.40. The third-order valence-corrected chi connectivity index (χ3v) is 3.85. The van der Waals surface area contributed by atoms with E-state index in [4.69, 9.17) is 0 Å². The van der Waals surface area contributed by atoms with Crippen LogP contribution >= 0.6 is 0 Å². The van der Waals surface area contributed by atoms with Crippen LogP contribution in [0.5, 0.6) is 0 Å². The van der Waals surface area contributed by atoms with Crippen LogP contribution in [-0.4, -0.2) is 11.8 Å². The van der Waals surface area contributed by atoms with Gasteiger partial charge in [-0.05, 0) is 18.3 Å². The van der Waals surface area contributed by atoms with Crippen LogP contribution in [-0.2, 0) is 9.59 Å². The van der Waals surface area contributed by atoms with Crippen molar-refractivity contribution in [3.63, 3.8) is 0 Å². The molecule has 2 amide bonds. The zero-order chi connectivity index (χ0) is 9.69. The van der Waals surface area contributed by atoms with E-state index in [1.807, 2.05) is 0 Å². The molecule has 1 spiro atoms. The summed E-state index contributed by atoms with van der Waals surface area (Å²) < 4.78 is 0. The first kappa shape index (κ1) is 8.73. The first-order valence-electron chi connectivity index (χ1n) is 4.82. The molecule has 1 saturated heterocycles. The Hall–Kier alpha value is -0.860. The molecule has 2 rings (SSSR count). The van der Waals surface area contributed by atoms with Gasteiger partial charge in [0.1, 0.15) is 0 Å². The summed E-state index contributed by atoms with van der Waals surface area (Å²) in [6.07, 6.45) is 3.39. The van der Waals surface area contributed by atoms with Gasteiger partial charge in [0, 0.05) is 6.42 Å². The zero-order valence-corrected chi connectivity index (χ0v) is 8.14. The van der Waals surface area contributed by atoms with E-state index in [0.717, 1.165) is 19.3 Å². The number of imide groups is 1. The summed E-state index contributed by atoms with van der Waals surface area (Å²) >= 11 is 0. The first-order valence-corrected chi connectivity index (χ1v) is 4.82. The van der Waals surface area contributed by atoms with Crippen molar-refractivity contribution in [2.24, 2.45) is 10.8 Å². The molecule has 1 aliphatic heterocycles. The molecule has 3 heteroatoms. The molecule has 0 radical (unpaired) electrons. The average molecular weight is 181 g/mol. The highest BCUT2D eigenvalue weighted by Crippen LogP contribution is 2.56. The molecular formula is C10H15NO2. The van der Waals surface area contributed by atoms with Gasteiger partial charge in [-0.15, -0.1) is 0 Å². The predicted molar refractivity (Wildman–Crippen MR) is 47.8 cm³/mol. The second kappa shape index (κ2) is 2.34. The van der Waals surface area contributed by atoms with Gasteiger partial charge < -0.3 is 0 Å². The maximum absolute atomic E-state index is 11.7. The molecule has 0 aromatic carbocycles. The highest BCUT2D eigenvalue weighted by molar-refractivity contribution is 6.06. The molecule has 2 fully saturated rings. The van der Waals surface area contributed by atoms with E-state index in [2.05, 4.69) is 19.2 Å². The maximum atomic E-state index is 11.7. The number of hydrogen-bond donors (Lipinski definition) is 1. The monoisotopic (exact) mass is 181 g/mol. The van der Waals surface area contributed by atoms with Crippen LogP contribution in [0.4, 0.5) is 0 Å². The van der Waals surface area contributed by atoms with Gasteiger partial charge >= 0.3 is 0 Å². The van der Waals surface area contributed by atoms with Crippen molar-refractivity contribution >= 4 is 11.8 Å². The average Bonchev–Trinajstić information content (AvgIpc) is 2.40. The number of hydrogen-bond acceptors (Lipinski definition) is 2.